The van der Waals surface area contributed by atoms with Crippen molar-refractivity contribution in [2.75, 3.05) is 19.6 Å². The molecule has 0 atom stereocenters. The van der Waals surface area contributed by atoms with Crippen molar-refractivity contribution < 1.29 is 0 Å². The van der Waals surface area contributed by atoms with Gasteiger partial charge >= 0.3 is 0 Å². The van der Waals surface area contributed by atoms with Crippen LogP contribution in [0.3, 0.4) is 0 Å². The monoisotopic (exact) mass is 154 g/mol. The third-order valence-electron chi connectivity index (χ3n) is 2.54. The third kappa shape index (κ3) is 3.24. The van der Waals surface area contributed by atoms with Gasteiger partial charge in [0.25, 0.3) is 0 Å². The molecule has 1 heteroatoms. The first-order valence-electron chi connectivity index (χ1n) is 4.88. The zero-order chi connectivity index (χ0) is 8.10. The van der Waals surface area contributed by atoms with Crippen LogP contribution in [0.25, 0.3) is 0 Å². The summed E-state index contributed by atoms with van der Waals surface area (Å²) in [6, 6.07) is 0. The van der Waals surface area contributed by atoms with Crippen molar-refractivity contribution in [1.29, 1.82) is 0 Å². The van der Waals surface area contributed by atoms with Crippen LogP contribution in [0.1, 0.15) is 32.6 Å². The zero-order valence-electron chi connectivity index (χ0n) is 7.68. The maximum Gasteiger partial charge on any atom is -0.00161 e. The van der Waals surface area contributed by atoms with E-state index in [1.54, 1.807) is 0 Å². The summed E-state index contributed by atoms with van der Waals surface area (Å²) in [6.07, 6.45) is 5.31. The number of nitrogens with zero attached hydrogens (tertiary/aromatic N) is 1. The minimum absolute atomic E-state index is 0.730. The molecule has 0 bridgehead atoms. The van der Waals surface area contributed by atoms with Crippen LogP contribution in [0.15, 0.2) is 0 Å². The number of hydrogen-bond acceptors (Lipinski definition) is 1. The molecule has 1 nitrogen and oxygen atoms in total. The smallest absolute Gasteiger partial charge is 0.00161 e. The van der Waals surface area contributed by atoms with E-state index in [1.165, 1.54) is 45.3 Å². The molecule has 1 fully saturated rings. The van der Waals surface area contributed by atoms with Crippen LogP contribution in [0, 0.1) is 12.8 Å². The molecule has 0 aromatic rings. The van der Waals surface area contributed by atoms with Crippen LogP contribution in [0.4, 0.5) is 0 Å². The fraction of sp³-hybridized carbons (Fsp3) is 0.900. The zero-order valence-corrected chi connectivity index (χ0v) is 7.68. The molecule has 0 unspecified atom stereocenters. The third-order valence-corrected chi connectivity index (χ3v) is 2.54. The lowest BCUT2D eigenvalue weighted by molar-refractivity contribution is 0.200. The Morgan fingerprint density at radius 1 is 1.36 bits per heavy atom. The van der Waals surface area contributed by atoms with Crippen molar-refractivity contribution in [3.05, 3.63) is 6.92 Å². The maximum atomic E-state index is 4.09. The predicted octanol–water partition coefficient (Wildman–Crippen LogP) is 2.33. The van der Waals surface area contributed by atoms with Crippen LogP contribution in [-0.4, -0.2) is 24.5 Å². The van der Waals surface area contributed by atoms with E-state index >= 15 is 0 Å². The van der Waals surface area contributed by atoms with Crippen LogP contribution in [0.5, 0.6) is 0 Å². The first kappa shape index (κ1) is 9.05. The Balaban J connectivity index is 2.07. The van der Waals surface area contributed by atoms with Crippen LogP contribution >= 0.6 is 0 Å². The summed E-state index contributed by atoms with van der Waals surface area (Å²) in [5.74, 6) is 0.730. The van der Waals surface area contributed by atoms with Gasteiger partial charge in [0, 0.05) is 0 Å². The molecule has 1 rings (SSSR count). The van der Waals surface area contributed by atoms with Gasteiger partial charge in [0.15, 0.2) is 0 Å². The number of likely N-dealkylation sites (tertiary alicyclic amines) is 1. The Labute approximate surface area is 70.8 Å². The lowest BCUT2D eigenvalue weighted by atomic mass is 9.99. The molecule has 0 spiro atoms. The molecule has 1 aliphatic rings. The molecular formula is C10H20N. The standard InChI is InChI=1S/C10H20N/c1-3-4-7-11-8-5-10(2)6-9-11/h10H,2-9H2,1H3. The van der Waals surface area contributed by atoms with Crippen molar-refractivity contribution >= 4 is 0 Å². The van der Waals surface area contributed by atoms with E-state index in [-0.39, 0.29) is 0 Å². The molecule has 0 aromatic heterocycles. The first-order valence-corrected chi connectivity index (χ1v) is 4.88. The van der Waals surface area contributed by atoms with Gasteiger partial charge in [-0.25, -0.2) is 0 Å². The highest BCUT2D eigenvalue weighted by Crippen LogP contribution is 2.15. The second-order valence-corrected chi connectivity index (χ2v) is 3.64. The SMILES string of the molecule is [CH2]C1CCN(CCCC)CC1. The molecular weight excluding hydrogens is 134 g/mol. The second kappa shape index (κ2) is 4.76. The summed E-state index contributed by atoms with van der Waals surface area (Å²) in [6.45, 7) is 10.2. The maximum absolute atomic E-state index is 4.09. The summed E-state index contributed by atoms with van der Waals surface area (Å²) in [7, 11) is 0. The molecule has 65 valence electrons. The van der Waals surface area contributed by atoms with Crippen molar-refractivity contribution in [3.63, 3.8) is 0 Å². The molecule has 0 saturated carbocycles. The van der Waals surface area contributed by atoms with Gasteiger partial charge in [-0.1, -0.05) is 20.3 Å². The molecule has 0 aromatic carbocycles. The summed E-state index contributed by atoms with van der Waals surface area (Å²) < 4.78 is 0. The topological polar surface area (TPSA) is 3.24 Å². The first-order chi connectivity index (χ1) is 5.33. The summed E-state index contributed by atoms with van der Waals surface area (Å²) >= 11 is 0. The van der Waals surface area contributed by atoms with Gasteiger partial charge in [0.05, 0.1) is 0 Å². The van der Waals surface area contributed by atoms with Crippen LogP contribution in [-0.2, 0) is 0 Å². The van der Waals surface area contributed by atoms with Crippen LogP contribution in [0.2, 0.25) is 0 Å². The van der Waals surface area contributed by atoms with Gasteiger partial charge in [0.2, 0.25) is 0 Å². The molecule has 11 heavy (non-hydrogen) atoms. The molecule has 0 N–H and O–H groups in total. The fourth-order valence-electron chi connectivity index (χ4n) is 1.59. The molecule has 1 heterocycles. The summed E-state index contributed by atoms with van der Waals surface area (Å²) in [4.78, 5) is 2.57. The highest BCUT2D eigenvalue weighted by Gasteiger charge is 2.14. The summed E-state index contributed by atoms with van der Waals surface area (Å²) in [5, 5.41) is 0. The van der Waals surface area contributed by atoms with Gasteiger partial charge in [-0.15, -0.1) is 0 Å². The molecule has 1 radical (unpaired) electrons. The average Bonchev–Trinajstić information content (AvgIpc) is 2.04. The second-order valence-electron chi connectivity index (χ2n) is 3.64. The largest absolute Gasteiger partial charge is 0.303 e. The number of rotatable bonds is 3. The summed E-state index contributed by atoms with van der Waals surface area (Å²) in [5.41, 5.74) is 0. The quantitative estimate of drug-likeness (QED) is 0.603. The lowest BCUT2D eigenvalue weighted by Gasteiger charge is -2.29. The number of piperidine rings is 1. The van der Waals surface area contributed by atoms with E-state index in [1.807, 2.05) is 0 Å². The van der Waals surface area contributed by atoms with Gasteiger partial charge in [-0.05, 0) is 44.8 Å². The number of unbranched alkanes of at least 4 members (excludes halogenated alkanes) is 1. The van der Waals surface area contributed by atoms with E-state index in [4.69, 9.17) is 0 Å². The highest BCUT2D eigenvalue weighted by molar-refractivity contribution is 4.72. The van der Waals surface area contributed by atoms with Gasteiger partial charge < -0.3 is 4.90 Å². The van der Waals surface area contributed by atoms with Crippen molar-refractivity contribution in [2.45, 2.75) is 32.6 Å². The number of hydrogen-bond donors (Lipinski definition) is 0. The Morgan fingerprint density at radius 3 is 2.55 bits per heavy atom. The lowest BCUT2D eigenvalue weighted by Crippen LogP contribution is -2.33. The average molecular weight is 154 g/mol. The van der Waals surface area contributed by atoms with E-state index in [9.17, 15) is 0 Å². The normalized spacial score (nSPS) is 22.4. The van der Waals surface area contributed by atoms with Crippen molar-refractivity contribution in [3.8, 4) is 0 Å². The molecule has 1 saturated heterocycles. The Hall–Kier alpha value is -0.0400. The Kier molecular flexibility index (Phi) is 3.92. The van der Waals surface area contributed by atoms with E-state index in [0.717, 1.165) is 5.92 Å². The van der Waals surface area contributed by atoms with Crippen molar-refractivity contribution in [2.24, 2.45) is 5.92 Å². The Bertz CT molecular complexity index is 90.3. The molecule has 0 amide bonds. The van der Waals surface area contributed by atoms with Gasteiger partial charge in [-0.2, -0.15) is 0 Å². The van der Waals surface area contributed by atoms with E-state index in [0.29, 0.717) is 0 Å². The highest BCUT2D eigenvalue weighted by atomic mass is 15.1. The molecule has 0 aliphatic carbocycles. The Morgan fingerprint density at radius 2 is 2.00 bits per heavy atom. The van der Waals surface area contributed by atoms with Gasteiger partial charge in [0.1, 0.15) is 0 Å². The van der Waals surface area contributed by atoms with Gasteiger partial charge in [-0.3, -0.25) is 0 Å². The van der Waals surface area contributed by atoms with Crippen molar-refractivity contribution in [1.82, 2.24) is 4.90 Å². The van der Waals surface area contributed by atoms with Crippen LogP contribution < -0.4 is 0 Å². The van der Waals surface area contributed by atoms with E-state index in [2.05, 4.69) is 18.7 Å². The van der Waals surface area contributed by atoms with E-state index < -0.39 is 0 Å². The predicted molar refractivity (Wildman–Crippen MR) is 49.4 cm³/mol. The molecule has 1 aliphatic heterocycles. The minimum Gasteiger partial charge on any atom is -0.303 e. The minimum atomic E-state index is 0.730. The fourth-order valence-corrected chi connectivity index (χ4v) is 1.59.